The topological polar surface area (TPSA) is 49.3 Å². The number of carbonyl (C=O) groups is 1. The van der Waals surface area contributed by atoms with E-state index in [0.29, 0.717) is 18.5 Å². The number of nitrogens with zero attached hydrogens (tertiary/aromatic N) is 4. The summed E-state index contributed by atoms with van der Waals surface area (Å²) in [5, 5.41) is 0. The average Bonchev–Trinajstić information content (AvgIpc) is 2.78. The molecule has 0 bridgehead atoms. The number of benzene rings is 1. The minimum Gasteiger partial charge on any atom is -0.318 e. The van der Waals surface area contributed by atoms with E-state index < -0.39 is 11.4 Å². The lowest BCUT2D eigenvalue weighted by Crippen LogP contribution is -2.57. The molecule has 1 aliphatic rings. The number of urea groups is 1. The third-order valence-electron chi connectivity index (χ3n) is 5.57. The van der Waals surface area contributed by atoms with Crippen molar-refractivity contribution in [2.75, 3.05) is 18.5 Å². The van der Waals surface area contributed by atoms with Gasteiger partial charge in [-0.2, -0.15) is 0 Å². The molecule has 0 spiro atoms. The maximum Gasteiger partial charge on any atom is 0.326 e. The number of aromatic nitrogens is 2. The van der Waals surface area contributed by atoms with Crippen molar-refractivity contribution in [2.45, 2.75) is 18.9 Å². The molecule has 1 unspecified atom stereocenters. The van der Waals surface area contributed by atoms with Crippen LogP contribution in [-0.2, 0) is 5.54 Å². The Labute approximate surface area is 175 Å². The van der Waals surface area contributed by atoms with Crippen LogP contribution in [0.4, 0.5) is 15.0 Å². The zero-order chi connectivity index (χ0) is 21.1. The van der Waals surface area contributed by atoms with Crippen molar-refractivity contribution in [3.8, 4) is 11.8 Å². The highest BCUT2D eigenvalue weighted by molar-refractivity contribution is 5.92. The second-order valence-corrected chi connectivity index (χ2v) is 7.40. The second-order valence-electron chi connectivity index (χ2n) is 7.40. The Hall–Kier alpha value is -3.72. The quantitative estimate of drug-likeness (QED) is 0.606. The third kappa shape index (κ3) is 3.62. The molecular weight excluding hydrogens is 379 g/mol. The van der Waals surface area contributed by atoms with Crippen molar-refractivity contribution in [1.29, 1.82) is 0 Å². The molecule has 6 heteroatoms. The van der Waals surface area contributed by atoms with Crippen LogP contribution in [0, 0.1) is 17.7 Å². The summed E-state index contributed by atoms with van der Waals surface area (Å²) in [5.74, 6) is 5.34. The largest absolute Gasteiger partial charge is 0.326 e. The fourth-order valence-corrected chi connectivity index (χ4v) is 3.56. The minimum atomic E-state index is -0.568. The molecule has 1 saturated heterocycles. The Morgan fingerprint density at radius 2 is 1.83 bits per heavy atom. The average molecular weight is 400 g/mol. The van der Waals surface area contributed by atoms with Gasteiger partial charge < -0.3 is 4.90 Å². The molecule has 0 aliphatic carbocycles. The molecule has 2 amide bonds. The van der Waals surface area contributed by atoms with E-state index in [2.05, 4.69) is 21.8 Å². The fourth-order valence-electron chi connectivity index (χ4n) is 3.56. The molecule has 0 radical (unpaired) electrons. The SMILES string of the molecule is CN1C(=O)N(c2ncc(C#Cc3ccccc3)cc2F)CCC1(C)c1cccnc1. The van der Waals surface area contributed by atoms with E-state index in [1.165, 1.54) is 17.2 Å². The summed E-state index contributed by atoms with van der Waals surface area (Å²) >= 11 is 0. The lowest BCUT2D eigenvalue weighted by Gasteiger charge is -2.46. The molecule has 3 aromatic rings. The van der Waals surface area contributed by atoms with Crippen LogP contribution in [0.15, 0.2) is 67.1 Å². The van der Waals surface area contributed by atoms with Crippen LogP contribution in [0.5, 0.6) is 0 Å². The number of rotatable bonds is 2. The van der Waals surface area contributed by atoms with Gasteiger partial charge in [-0.05, 0) is 43.2 Å². The van der Waals surface area contributed by atoms with Gasteiger partial charge in [-0.3, -0.25) is 9.88 Å². The lowest BCUT2D eigenvalue weighted by atomic mass is 9.86. The van der Waals surface area contributed by atoms with Crippen molar-refractivity contribution in [3.63, 3.8) is 0 Å². The number of halogens is 1. The van der Waals surface area contributed by atoms with Gasteiger partial charge in [-0.25, -0.2) is 14.2 Å². The summed E-state index contributed by atoms with van der Waals surface area (Å²) in [6, 6.07) is 14.3. The maximum atomic E-state index is 14.8. The van der Waals surface area contributed by atoms with Crippen LogP contribution in [0.3, 0.4) is 0 Å². The Morgan fingerprint density at radius 1 is 1.07 bits per heavy atom. The smallest absolute Gasteiger partial charge is 0.318 e. The summed E-state index contributed by atoms with van der Waals surface area (Å²) in [7, 11) is 1.72. The summed E-state index contributed by atoms with van der Waals surface area (Å²) in [5.41, 5.74) is 1.72. The minimum absolute atomic E-state index is 0.0188. The van der Waals surface area contributed by atoms with E-state index >= 15 is 0 Å². The van der Waals surface area contributed by atoms with Gasteiger partial charge in [-0.1, -0.05) is 36.1 Å². The van der Waals surface area contributed by atoms with Gasteiger partial charge >= 0.3 is 6.03 Å². The first-order chi connectivity index (χ1) is 14.5. The molecule has 1 aliphatic heterocycles. The van der Waals surface area contributed by atoms with E-state index in [4.69, 9.17) is 0 Å². The standard InChI is InChI=1S/C24H21FN4O/c1-24(20-9-6-13-26-17-20)12-14-29(23(30)28(24)2)22-21(25)15-19(16-27-22)11-10-18-7-4-3-5-8-18/h3-9,13,15-17H,12,14H2,1-2H3. The van der Waals surface area contributed by atoms with Gasteiger partial charge in [0, 0.05) is 43.3 Å². The van der Waals surface area contributed by atoms with Crippen molar-refractivity contribution in [2.24, 2.45) is 0 Å². The summed E-state index contributed by atoms with van der Waals surface area (Å²) in [6.07, 6.45) is 5.58. The van der Waals surface area contributed by atoms with Gasteiger partial charge in [0.1, 0.15) is 0 Å². The second kappa shape index (κ2) is 7.96. The van der Waals surface area contributed by atoms with Crippen LogP contribution >= 0.6 is 0 Å². The van der Waals surface area contributed by atoms with Gasteiger partial charge in [0.15, 0.2) is 11.6 Å². The highest BCUT2D eigenvalue weighted by Gasteiger charge is 2.42. The molecule has 0 N–H and O–H groups in total. The van der Waals surface area contributed by atoms with Crippen molar-refractivity contribution in [3.05, 3.63) is 89.6 Å². The van der Waals surface area contributed by atoms with Gasteiger partial charge in [0.05, 0.1) is 5.54 Å². The number of hydrogen-bond donors (Lipinski definition) is 0. The van der Waals surface area contributed by atoms with E-state index in [1.54, 1.807) is 24.3 Å². The van der Waals surface area contributed by atoms with Crippen molar-refractivity contribution < 1.29 is 9.18 Å². The fraction of sp³-hybridized carbons (Fsp3) is 0.208. The third-order valence-corrected chi connectivity index (χ3v) is 5.57. The number of hydrogen-bond acceptors (Lipinski definition) is 3. The van der Waals surface area contributed by atoms with Crippen LogP contribution in [0.25, 0.3) is 0 Å². The molecule has 0 saturated carbocycles. The van der Waals surface area contributed by atoms with Crippen molar-refractivity contribution >= 4 is 11.8 Å². The van der Waals surface area contributed by atoms with E-state index in [1.807, 2.05) is 49.4 Å². The van der Waals surface area contributed by atoms with Crippen LogP contribution in [0.1, 0.15) is 30.0 Å². The molecule has 1 fully saturated rings. The number of carbonyl (C=O) groups excluding carboxylic acids is 1. The molecule has 1 atom stereocenters. The highest BCUT2D eigenvalue weighted by Crippen LogP contribution is 2.36. The first kappa shape index (κ1) is 19.6. The Bertz CT molecular complexity index is 1120. The molecule has 2 aromatic heterocycles. The zero-order valence-electron chi connectivity index (χ0n) is 16.8. The first-order valence-corrected chi connectivity index (χ1v) is 9.67. The number of pyridine rings is 2. The normalized spacial score (nSPS) is 18.7. The number of anilines is 1. The van der Waals surface area contributed by atoms with Gasteiger partial charge in [-0.15, -0.1) is 0 Å². The van der Waals surface area contributed by atoms with E-state index in [-0.39, 0.29) is 11.8 Å². The van der Waals surface area contributed by atoms with Crippen molar-refractivity contribution in [1.82, 2.24) is 14.9 Å². The predicted molar refractivity (Wildman–Crippen MR) is 113 cm³/mol. The van der Waals surface area contributed by atoms with Crippen LogP contribution in [0.2, 0.25) is 0 Å². The maximum absolute atomic E-state index is 14.8. The Kier molecular flexibility index (Phi) is 5.20. The molecular formula is C24H21FN4O. The Morgan fingerprint density at radius 3 is 2.53 bits per heavy atom. The van der Waals surface area contributed by atoms with Gasteiger partial charge in [0.2, 0.25) is 0 Å². The molecule has 1 aromatic carbocycles. The van der Waals surface area contributed by atoms with E-state index in [9.17, 15) is 9.18 Å². The molecule has 3 heterocycles. The Balaban J connectivity index is 1.57. The number of amides is 2. The predicted octanol–water partition coefficient (Wildman–Crippen LogP) is 4.19. The summed E-state index contributed by atoms with van der Waals surface area (Å²) in [6.45, 7) is 2.35. The van der Waals surface area contributed by atoms with Crippen LogP contribution in [-0.4, -0.2) is 34.5 Å². The first-order valence-electron chi connectivity index (χ1n) is 9.67. The summed E-state index contributed by atoms with van der Waals surface area (Å²) < 4.78 is 14.8. The monoisotopic (exact) mass is 400 g/mol. The molecule has 30 heavy (non-hydrogen) atoms. The van der Waals surface area contributed by atoms with Crippen LogP contribution < -0.4 is 4.90 Å². The molecule has 5 nitrogen and oxygen atoms in total. The lowest BCUT2D eigenvalue weighted by molar-refractivity contribution is 0.126. The van der Waals surface area contributed by atoms with Gasteiger partial charge in [0.25, 0.3) is 0 Å². The molecule has 150 valence electrons. The summed E-state index contributed by atoms with van der Waals surface area (Å²) in [4.78, 5) is 24.4. The molecule has 4 rings (SSSR count). The highest BCUT2D eigenvalue weighted by atomic mass is 19.1. The van der Waals surface area contributed by atoms with E-state index in [0.717, 1.165) is 11.1 Å². The zero-order valence-corrected chi connectivity index (χ0v) is 16.8.